The van der Waals surface area contributed by atoms with Gasteiger partial charge in [-0.3, -0.25) is 10.4 Å². The lowest BCUT2D eigenvalue weighted by Gasteiger charge is -2.33. The van der Waals surface area contributed by atoms with Crippen LogP contribution in [0.1, 0.15) is 56.9 Å². The average Bonchev–Trinajstić information content (AvgIpc) is 3.50. The molecule has 0 spiro atoms. The Morgan fingerprint density at radius 1 is 1.09 bits per heavy atom. The van der Waals surface area contributed by atoms with Crippen LogP contribution in [0.25, 0.3) is 0 Å². The number of nitrogens with zero attached hydrogens (tertiary/aromatic N) is 1. The van der Waals surface area contributed by atoms with E-state index in [-0.39, 0.29) is 0 Å². The van der Waals surface area contributed by atoms with Gasteiger partial charge in [-0.05, 0) is 72.9 Å². The lowest BCUT2D eigenvalue weighted by molar-refractivity contribution is 0.336. The minimum atomic E-state index is 0.474. The fourth-order valence-corrected chi connectivity index (χ4v) is 5.84. The molecule has 2 aromatic rings. The highest BCUT2D eigenvalue weighted by Gasteiger charge is 2.37. The van der Waals surface area contributed by atoms with E-state index in [0.717, 1.165) is 34.5 Å². The minimum absolute atomic E-state index is 0.474. The fraction of sp³-hybridized carbons (Fsp3) is 0.429. The Bertz CT molecular complexity index is 1040. The van der Waals surface area contributed by atoms with E-state index in [2.05, 4.69) is 40.9 Å². The molecule has 2 aromatic carbocycles. The number of allylic oxidation sites excluding steroid dienone is 2. The molecule has 33 heavy (non-hydrogen) atoms. The van der Waals surface area contributed by atoms with Crippen molar-refractivity contribution in [1.29, 1.82) is 0 Å². The first-order valence-electron chi connectivity index (χ1n) is 12.2. The van der Waals surface area contributed by atoms with Crippen molar-refractivity contribution in [1.82, 2.24) is 5.43 Å². The minimum Gasteiger partial charge on any atom is -0.497 e. The van der Waals surface area contributed by atoms with Crippen LogP contribution >= 0.6 is 11.6 Å². The molecule has 0 amide bonds. The lowest BCUT2D eigenvalue weighted by Crippen LogP contribution is -2.29. The van der Waals surface area contributed by atoms with Crippen molar-refractivity contribution in [3.05, 3.63) is 76.6 Å². The summed E-state index contributed by atoms with van der Waals surface area (Å²) < 4.78 is 11.4. The predicted molar refractivity (Wildman–Crippen MR) is 135 cm³/mol. The molecule has 5 rings (SSSR count). The molecule has 5 heteroatoms. The number of ether oxygens (including phenoxy) is 2. The summed E-state index contributed by atoms with van der Waals surface area (Å²) in [6.45, 7) is 2.62. The molecule has 4 nitrogen and oxygen atoms in total. The Labute approximate surface area is 202 Å². The van der Waals surface area contributed by atoms with Gasteiger partial charge < -0.3 is 9.47 Å². The van der Waals surface area contributed by atoms with Gasteiger partial charge in [-0.2, -0.15) is 0 Å². The Hall–Kier alpha value is -2.59. The number of anilines is 1. The molecule has 0 aromatic heterocycles. The average molecular weight is 465 g/mol. The molecule has 2 unspecified atom stereocenters. The normalized spacial score (nSPS) is 22.5. The van der Waals surface area contributed by atoms with Crippen LogP contribution in [-0.2, 0) is 0 Å². The summed E-state index contributed by atoms with van der Waals surface area (Å²) in [6.07, 6.45) is 12.4. The molecule has 2 aliphatic carbocycles. The largest absolute Gasteiger partial charge is 0.497 e. The number of nitrogens with one attached hydrogen (secondary N) is 1. The van der Waals surface area contributed by atoms with Gasteiger partial charge in [0.1, 0.15) is 17.2 Å². The second-order valence-electron chi connectivity index (χ2n) is 9.34. The molecule has 1 N–H and O–H groups in total. The SMILES string of the molecule is CCOc1cc(OC)ccc1N1C=C2C(=CCC(c3ccc(Cl)cc3)C2CC2CCCC2)N1. The van der Waals surface area contributed by atoms with Crippen molar-refractivity contribution in [2.24, 2.45) is 11.8 Å². The third-order valence-corrected chi connectivity index (χ3v) is 7.62. The zero-order chi connectivity index (χ0) is 22.8. The smallest absolute Gasteiger partial charge is 0.148 e. The number of methoxy groups -OCH3 is 1. The summed E-state index contributed by atoms with van der Waals surface area (Å²) in [4.78, 5) is 0. The van der Waals surface area contributed by atoms with Crippen LogP contribution in [0.5, 0.6) is 11.5 Å². The van der Waals surface area contributed by atoms with Gasteiger partial charge in [-0.25, -0.2) is 0 Å². The van der Waals surface area contributed by atoms with Crippen LogP contribution in [0.2, 0.25) is 5.02 Å². The zero-order valence-electron chi connectivity index (χ0n) is 19.5. The molecular formula is C28H33ClN2O2. The summed E-state index contributed by atoms with van der Waals surface area (Å²) in [6, 6.07) is 14.5. The second kappa shape index (κ2) is 9.72. The topological polar surface area (TPSA) is 33.7 Å². The molecule has 2 atom stereocenters. The van der Waals surface area contributed by atoms with Crippen molar-refractivity contribution in [3.63, 3.8) is 0 Å². The molecule has 1 heterocycles. The molecule has 0 bridgehead atoms. The molecule has 3 aliphatic rings. The number of benzene rings is 2. The Morgan fingerprint density at radius 3 is 2.61 bits per heavy atom. The summed E-state index contributed by atoms with van der Waals surface area (Å²) in [5.74, 6) is 3.40. The molecule has 0 radical (unpaired) electrons. The number of halogens is 1. The highest BCUT2D eigenvalue weighted by Crippen LogP contribution is 2.48. The van der Waals surface area contributed by atoms with Gasteiger partial charge in [-0.15, -0.1) is 0 Å². The third-order valence-electron chi connectivity index (χ3n) is 7.37. The lowest BCUT2D eigenvalue weighted by atomic mass is 9.71. The van der Waals surface area contributed by atoms with E-state index >= 15 is 0 Å². The van der Waals surface area contributed by atoms with Crippen LogP contribution in [0.4, 0.5) is 5.69 Å². The maximum atomic E-state index is 6.20. The third kappa shape index (κ3) is 4.59. The Kier molecular flexibility index (Phi) is 6.55. The zero-order valence-corrected chi connectivity index (χ0v) is 20.3. The first kappa shape index (κ1) is 22.2. The summed E-state index contributed by atoms with van der Waals surface area (Å²) in [5.41, 5.74) is 8.68. The predicted octanol–water partition coefficient (Wildman–Crippen LogP) is 7.22. The summed E-state index contributed by atoms with van der Waals surface area (Å²) >= 11 is 6.20. The van der Waals surface area contributed by atoms with Crippen LogP contribution in [0.15, 0.2) is 66.0 Å². The number of rotatable bonds is 7. The number of fused-ring (bicyclic) bond motifs is 1. The Balaban J connectivity index is 1.49. The number of hydrogen-bond donors (Lipinski definition) is 1. The molecular weight excluding hydrogens is 432 g/mol. The van der Waals surface area contributed by atoms with Crippen LogP contribution in [0, 0.1) is 11.8 Å². The van der Waals surface area contributed by atoms with E-state index in [0.29, 0.717) is 18.4 Å². The van der Waals surface area contributed by atoms with Crippen molar-refractivity contribution >= 4 is 17.3 Å². The van der Waals surface area contributed by atoms with Gasteiger partial charge in [0.25, 0.3) is 0 Å². The summed E-state index contributed by atoms with van der Waals surface area (Å²) in [5, 5.41) is 2.92. The summed E-state index contributed by atoms with van der Waals surface area (Å²) in [7, 11) is 1.69. The van der Waals surface area contributed by atoms with Crippen LogP contribution in [-0.4, -0.2) is 13.7 Å². The van der Waals surface area contributed by atoms with Crippen molar-refractivity contribution in [2.45, 2.75) is 51.4 Å². The maximum absolute atomic E-state index is 6.20. The second-order valence-corrected chi connectivity index (χ2v) is 9.77. The Morgan fingerprint density at radius 2 is 1.88 bits per heavy atom. The first-order chi connectivity index (χ1) is 16.2. The highest BCUT2D eigenvalue weighted by molar-refractivity contribution is 6.30. The molecule has 174 valence electrons. The van der Waals surface area contributed by atoms with E-state index < -0.39 is 0 Å². The van der Waals surface area contributed by atoms with Gasteiger partial charge in [0.05, 0.1) is 19.4 Å². The van der Waals surface area contributed by atoms with Gasteiger partial charge in [0, 0.05) is 17.3 Å². The van der Waals surface area contributed by atoms with Crippen molar-refractivity contribution in [3.8, 4) is 11.5 Å². The molecule has 1 aliphatic heterocycles. The standard InChI is InChI=1S/C28H33ClN2O2/c1-3-33-28-17-22(32-2)12-15-27(28)31-18-25-24(16-19-6-4-5-7-19)23(13-14-26(25)30-31)20-8-10-21(29)11-9-20/h8-12,14-15,17-19,23-24,30H,3-7,13,16H2,1-2H3. The van der Waals surface area contributed by atoms with Crippen LogP contribution in [0.3, 0.4) is 0 Å². The van der Waals surface area contributed by atoms with Crippen molar-refractivity contribution < 1.29 is 9.47 Å². The molecule has 1 saturated carbocycles. The van der Waals surface area contributed by atoms with E-state index in [1.54, 1.807) is 7.11 Å². The molecule has 1 fully saturated rings. The molecule has 0 saturated heterocycles. The first-order valence-corrected chi connectivity index (χ1v) is 12.6. The van der Waals surface area contributed by atoms with E-state index in [1.165, 1.54) is 48.9 Å². The van der Waals surface area contributed by atoms with Gasteiger partial charge in [0.2, 0.25) is 0 Å². The number of hydrazine groups is 1. The van der Waals surface area contributed by atoms with Crippen molar-refractivity contribution in [2.75, 3.05) is 18.7 Å². The quantitative estimate of drug-likeness (QED) is 0.468. The van der Waals surface area contributed by atoms with Gasteiger partial charge in [-0.1, -0.05) is 55.5 Å². The number of hydrogen-bond acceptors (Lipinski definition) is 4. The maximum Gasteiger partial charge on any atom is 0.148 e. The van der Waals surface area contributed by atoms with E-state index in [9.17, 15) is 0 Å². The van der Waals surface area contributed by atoms with Gasteiger partial charge >= 0.3 is 0 Å². The van der Waals surface area contributed by atoms with E-state index in [1.807, 2.05) is 31.2 Å². The van der Waals surface area contributed by atoms with Gasteiger partial charge in [0.15, 0.2) is 0 Å². The van der Waals surface area contributed by atoms with Crippen LogP contribution < -0.4 is 19.9 Å². The fourth-order valence-electron chi connectivity index (χ4n) is 5.72. The highest BCUT2D eigenvalue weighted by atomic mass is 35.5. The monoisotopic (exact) mass is 464 g/mol. The van der Waals surface area contributed by atoms with E-state index in [4.69, 9.17) is 21.1 Å².